The second kappa shape index (κ2) is 8.32. The van der Waals surface area contributed by atoms with Crippen LogP contribution in [0.4, 0.5) is 0 Å². The number of hydrogen-bond donors (Lipinski definition) is 0. The number of aromatic nitrogens is 1. The van der Waals surface area contributed by atoms with Crippen molar-refractivity contribution in [2.24, 2.45) is 5.92 Å². The quantitative estimate of drug-likeness (QED) is 0.559. The van der Waals surface area contributed by atoms with E-state index >= 15 is 0 Å². The Morgan fingerprint density at radius 1 is 1.19 bits per heavy atom. The Bertz CT molecular complexity index is 722. The normalized spacial score (nSPS) is 22.8. The van der Waals surface area contributed by atoms with Crippen LogP contribution in [-0.4, -0.2) is 41.0 Å². The summed E-state index contributed by atoms with van der Waals surface area (Å²) < 4.78 is 7.51. The van der Waals surface area contributed by atoms with Crippen LogP contribution in [0.1, 0.15) is 68.4 Å². The molecule has 5 heteroatoms. The summed E-state index contributed by atoms with van der Waals surface area (Å²) in [6, 6.07) is 2.99. The molecule has 5 nitrogen and oxygen atoms in total. The molecule has 2 aliphatic rings. The molecular weight excluding hydrogens is 340 g/mol. The van der Waals surface area contributed by atoms with Gasteiger partial charge >= 0.3 is 5.97 Å². The van der Waals surface area contributed by atoms with E-state index in [1.165, 1.54) is 30.3 Å². The van der Waals surface area contributed by atoms with Crippen molar-refractivity contribution < 1.29 is 14.3 Å². The van der Waals surface area contributed by atoms with E-state index in [4.69, 9.17) is 4.74 Å². The van der Waals surface area contributed by atoms with Crippen molar-refractivity contribution in [3.63, 3.8) is 0 Å². The molecule has 1 heterocycles. The molecule has 2 fully saturated rings. The molecule has 148 valence electrons. The maximum absolute atomic E-state index is 12.3. The minimum absolute atomic E-state index is 0.122. The minimum Gasteiger partial charge on any atom is -0.452 e. The summed E-state index contributed by atoms with van der Waals surface area (Å²) in [5, 5.41) is 0. The summed E-state index contributed by atoms with van der Waals surface area (Å²) in [6.07, 6.45) is 10.1. The van der Waals surface area contributed by atoms with Gasteiger partial charge in [-0.25, -0.2) is 4.79 Å². The van der Waals surface area contributed by atoms with E-state index in [0.717, 1.165) is 37.2 Å². The number of carbonyl (C=O) groups is 2. The molecule has 1 amide bonds. The van der Waals surface area contributed by atoms with Crippen molar-refractivity contribution in [1.82, 2.24) is 9.47 Å². The fourth-order valence-corrected chi connectivity index (χ4v) is 4.14. The van der Waals surface area contributed by atoms with Gasteiger partial charge in [-0.15, -0.1) is 0 Å². The molecule has 0 N–H and O–H groups in total. The van der Waals surface area contributed by atoms with Gasteiger partial charge in [-0.3, -0.25) is 4.79 Å². The topological polar surface area (TPSA) is 51.5 Å². The van der Waals surface area contributed by atoms with Gasteiger partial charge in [0.25, 0.3) is 5.91 Å². The number of hydrogen-bond acceptors (Lipinski definition) is 3. The van der Waals surface area contributed by atoms with Crippen LogP contribution in [0.25, 0.3) is 6.08 Å². The summed E-state index contributed by atoms with van der Waals surface area (Å²) in [4.78, 5) is 26.1. The summed E-state index contributed by atoms with van der Waals surface area (Å²) in [6.45, 7) is 6.25. The predicted molar refractivity (Wildman–Crippen MR) is 106 cm³/mol. The lowest BCUT2D eigenvalue weighted by molar-refractivity contribution is -0.148. The van der Waals surface area contributed by atoms with Gasteiger partial charge in [0.05, 0.1) is 0 Å². The van der Waals surface area contributed by atoms with Gasteiger partial charge < -0.3 is 14.2 Å². The average Bonchev–Trinajstić information content (AvgIpc) is 3.43. The van der Waals surface area contributed by atoms with Crippen molar-refractivity contribution in [2.45, 2.75) is 71.4 Å². The third-order valence-electron chi connectivity index (χ3n) is 6.10. The predicted octanol–water partition coefficient (Wildman–Crippen LogP) is 4.03. The second-order valence-corrected chi connectivity index (χ2v) is 8.29. The molecule has 0 unspecified atom stereocenters. The molecular formula is C22H32N2O3. The number of ether oxygens (including phenoxy) is 1. The van der Waals surface area contributed by atoms with Crippen molar-refractivity contribution in [1.29, 1.82) is 0 Å². The van der Waals surface area contributed by atoms with Crippen LogP contribution in [0.15, 0.2) is 12.1 Å². The molecule has 1 aromatic heterocycles. The third-order valence-corrected chi connectivity index (χ3v) is 6.10. The molecule has 0 aromatic carbocycles. The lowest BCUT2D eigenvalue weighted by Gasteiger charge is -2.33. The van der Waals surface area contributed by atoms with E-state index in [1.54, 1.807) is 11.0 Å². The Labute approximate surface area is 162 Å². The van der Waals surface area contributed by atoms with Gasteiger partial charge in [0.1, 0.15) is 0 Å². The first-order valence-corrected chi connectivity index (χ1v) is 10.2. The van der Waals surface area contributed by atoms with Crippen LogP contribution in [0, 0.1) is 19.8 Å². The number of aryl methyl sites for hydroxylation is 1. The number of nitrogens with zero attached hydrogens (tertiary/aromatic N) is 2. The van der Waals surface area contributed by atoms with Crippen molar-refractivity contribution in [3.8, 4) is 0 Å². The summed E-state index contributed by atoms with van der Waals surface area (Å²) in [5.41, 5.74) is 3.44. The molecule has 2 saturated carbocycles. The van der Waals surface area contributed by atoms with E-state index < -0.39 is 5.97 Å². The highest BCUT2D eigenvalue weighted by molar-refractivity contribution is 5.89. The van der Waals surface area contributed by atoms with Gasteiger partial charge in [0, 0.05) is 36.6 Å². The molecule has 0 atom stereocenters. The van der Waals surface area contributed by atoms with Gasteiger partial charge in [-0.05, 0) is 76.0 Å². The standard InChI is InChI=1S/C22H32N2O3/c1-15-5-8-19(9-6-15)23(4)21(25)14-27-22(26)12-7-18-13-16(2)24(17(18)3)20-10-11-20/h7,12-13,15,19-20H,5-6,8-11,14H2,1-4H3/b12-7+. The van der Waals surface area contributed by atoms with E-state index in [9.17, 15) is 9.59 Å². The van der Waals surface area contributed by atoms with Gasteiger partial charge in [0.15, 0.2) is 6.61 Å². The first kappa shape index (κ1) is 19.7. The SMILES string of the molecule is Cc1cc(/C=C/C(=O)OCC(=O)N(C)C2CCC(C)CC2)c(C)n1C1CC1. The Morgan fingerprint density at radius 2 is 1.85 bits per heavy atom. The van der Waals surface area contributed by atoms with Crippen LogP contribution < -0.4 is 0 Å². The van der Waals surface area contributed by atoms with Crippen LogP contribution in [0.3, 0.4) is 0 Å². The van der Waals surface area contributed by atoms with Gasteiger partial charge in [-0.2, -0.15) is 0 Å². The summed E-state index contributed by atoms with van der Waals surface area (Å²) >= 11 is 0. The number of rotatable bonds is 6. The minimum atomic E-state index is -0.467. The fourth-order valence-electron chi connectivity index (χ4n) is 4.14. The molecule has 3 rings (SSSR count). The Hall–Kier alpha value is -2.04. The molecule has 0 spiro atoms. The van der Waals surface area contributed by atoms with Crippen LogP contribution >= 0.6 is 0 Å². The van der Waals surface area contributed by atoms with Crippen LogP contribution in [0.5, 0.6) is 0 Å². The van der Waals surface area contributed by atoms with Crippen LogP contribution in [0.2, 0.25) is 0 Å². The largest absolute Gasteiger partial charge is 0.452 e. The molecule has 0 saturated heterocycles. The molecule has 2 aliphatic carbocycles. The second-order valence-electron chi connectivity index (χ2n) is 8.29. The first-order valence-electron chi connectivity index (χ1n) is 10.2. The van der Waals surface area contributed by atoms with Gasteiger partial charge in [-0.1, -0.05) is 6.92 Å². The molecule has 1 aromatic rings. The molecule has 0 aliphatic heterocycles. The zero-order valence-corrected chi connectivity index (χ0v) is 17.0. The number of amides is 1. The number of carbonyl (C=O) groups excluding carboxylic acids is 2. The number of esters is 1. The lowest BCUT2D eigenvalue weighted by Crippen LogP contribution is -2.41. The van der Waals surface area contributed by atoms with Crippen molar-refractivity contribution in [2.75, 3.05) is 13.7 Å². The molecule has 27 heavy (non-hydrogen) atoms. The van der Waals surface area contributed by atoms with Crippen molar-refractivity contribution >= 4 is 18.0 Å². The highest BCUT2D eigenvalue weighted by Gasteiger charge is 2.27. The summed E-state index contributed by atoms with van der Waals surface area (Å²) in [5.74, 6) is 0.156. The van der Waals surface area contributed by atoms with E-state index in [-0.39, 0.29) is 18.6 Å². The lowest BCUT2D eigenvalue weighted by atomic mass is 9.87. The fraction of sp³-hybridized carbons (Fsp3) is 0.636. The highest BCUT2D eigenvalue weighted by Crippen LogP contribution is 2.38. The van der Waals surface area contributed by atoms with E-state index in [1.807, 2.05) is 7.05 Å². The zero-order chi connectivity index (χ0) is 19.6. The maximum atomic E-state index is 12.3. The van der Waals surface area contributed by atoms with E-state index in [0.29, 0.717) is 6.04 Å². The summed E-state index contributed by atoms with van der Waals surface area (Å²) in [7, 11) is 1.82. The smallest absolute Gasteiger partial charge is 0.331 e. The molecule has 0 radical (unpaired) electrons. The van der Waals surface area contributed by atoms with Crippen molar-refractivity contribution in [3.05, 3.63) is 29.1 Å². The highest BCUT2D eigenvalue weighted by atomic mass is 16.5. The maximum Gasteiger partial charge on any atom is 0.331 e. The first-order chi connectivity index (χ1) is 12.9. The zero-order valence-electron chi connectivity index (χ0n) is 17.0. The number of likely N-dealkylation sites (N-methyl/N-ethyl adjacent to an activating group) is 1. The Morgan fingerprint density at radius 3 is 2.48 bits per heavy atom. The Kier molecular flexibility index (Phi) is 6.08. The third kappa shape index (κ3) is 4.82. The molecule has 0 bridgehead atoms. The van der Waals surface area contributed by atoms with Gasteiger partial charge in [0.2, 0.25) is 0 Å². The average molecular weight is 373 g/mol. The Balaban J connectivity index is 1.48. The monoisotopic (exact) mass is 372 g/mol. The van der Waals surface area contributed by atoms with E-state index in [2.05, 4.69) is 31.4 Å². The van der Waals surface area contributed by atoms with Crippen LogP contribution in [-0.2, 0) is 14.3 Å².